The molecule has 1 aliphatic heterocycles. The summed E-state index contributed by atoms with van der Waals surface area (Å²) in [5.74, 6) is 0.227. The lowest BCUT2D eigenvalue weighted by atomic mass is 10.2. The van der Waals surface area contributed by atoms with Gasteiger partial charge in [0.2, 0.25) is 0 Å². The number of hydrogen-bond acceptors (Lipinski definition) is 5. The Morgan fingerprint density at radius 2 is 1.89 bits per heavy atom. The molecule has 1 heterocycles. The molecule has 6 heteroatoms. The van der Waals surface area contributed by atoms with Crippen molar-refractivity contribution in [3.63, 3.8) is 0 Å². The first-order chi connectivity index (χ1) is 13.6. The van der Waals surface area contributed by atoms with Crippen LogP contribution in [0.1, 0.15) is 11.1 Å². The van der Waals surface area contributed by atoms with Crippen molar-refractivity contribution in [3.8, 4) is 5.75 Å². The molecule has 1 aliphatic rings. The van der Waals surface area contributed by atoms with Crippen LogP contribution in [0.15, 0.2) is 54.6 Å². The third-order valence-electron chi connectivity index (χ3n) is 4.63. The highest BCUT2D eigenvalue weighted by Crippen LogP contribution is 2.15. The fourth-order valence-corrected chi connectivity index (χ4v) is 3.07. The minimum Gasteiger partial charge on any atom is -0.485 e. The summed E-state index contributed by atoms with van der Waals surface area (Å²) in [5, 5.41) is 2.67. The standard InChI is InChI=1S/C22H26N2O4/c1-17-7-5-6-10-20(17)28-16-19(25)13-23-22(26)21-15-24(11-12-27-21)14-18-8-3-2-4-9-18/h2-10,21H,11-16H2,1H3,(H,23,26). The Labute approximate surface area is 165 Å². The molecule has 6 nitrogen and oxygen atoms in total. The molecule has 0 spiro atoms. The maximum absolute atomic E-state index is 12.4. The number of hydrogen-bond donors (Lipinski definition) is 1. The number of Topliss-reactive ketones (excluding diaryl/α,β-unsaturated/α-hetero) is 1. The van der Waals surface area contributed by atoms with Crippen LogP contribution in [-0.4, -0.2) is 55.5 Å². The number of nitrogens with zero attached hydrogens (tertiary/aromatic N) is 1. The van der Waals surface area contributed by atoms with Crippen molar-refractivity contribution in [2.45, 2.75) is 19.6 Å². The van der Waals surface area contributed by atoms with E-state index < -0.39 is 6.10 Å². The predicted octanol–water partition coefficient (Wildman–Crippen LogP) is 1.96. The number of carbonyl (C=O) groups excluding carboxylic acids is 2. The maximum atomic E-state index is 12.4. The highest BCUT2D eigenvalue weighted by Gasteiger charge is 2.26. The van der Waals surface area contributed by atoms with Gasteiger partial charge in [-0.15, -0.1) is 0 Å². The normalized spacial score (nSPS) is 17.1. The second-order valence-electron chi connectivity index (χ2n) is 6.89. The first kappa shape index (κ1) is 20.0. The van der Waals surface area contributed by atoms with E-state index in [0.29, 0.717) is 18.9 Å². The molecular formula is C22H26N2O4. The van der Waals surface area contributed by atoms with Gasteiger partial charge in [0.25, 0.3) is 5.91 Å². The third-order valence-corrected chi connectivity index (χ3v) is 4.63. The Morgan fingerprint density at radius 3 is 2.68 bits per heavy atom. The van der Waals surface area contributed by atoms with Gasteiger partial charge >= 0.3 is 0 Å². The van der Waals surface area contributed by atoms with E-state index in [9.17, 15) is 9.59 Å². The van der Waals surface area contributed by atoms with Crippen LogP contribution in [-0.2, 0) is 20.9 Å². The lowest BCUT2D eigenvalue weighted by Crippen LogP contribution is -2.50. The van der Waals surface area contributed by atoms with Crippen LogP contribution >= 0.6 is 0 Å². The fraction of sp³-hybridized carbons (Fsp3) is 0.364. The number of benzene rings is 2. The lowest BCUT2D eigenvalue weighted by Gasteiger charge is -2.32. The summed E-state index contributed by atoms with van der Waals surface area (Å²) in [6.07, 6.45) is -0.567. The zero-order valence-electron chi connectivity index (χ0n) is 16.1. The van der Waals surface area contributed by atoms with Crippen LogP contribution < -0.4 is 10.1 Å². The second kappa shape index (κ2) is 10.0. The first-order valence-corrected chi connectivity index (χ1v) is 9.47. The Bertz CT molecular complexity index is 794. The summed E-state index contributed by atoms with van der Waals surface area (Å²) >= 11 is 0. The van der Waals surface area contributed by atoms with Crippen LogP contribution in [0.5, 0.6) is 5.75 Å². The van der Waals surface area contributed by atoms with E-state index in [4.69, 9.17) is 9.47 Å². The van der Waals surface area contributed by atoms with E-state index in [1.165, 1.54) is 5.56 Å². The molecule has 0 aromatic heterocycles. The molecule has 1 unspecified atom stereocenters. The van der Waals surface area contributed by atoms with Crippen molar-refractivity contribution < 1.29 is 19.1 Å². The molecule has 2 aromatic carbocycles. The number of ether oxygens (including phenoxy) is 2. The summed E-state index contributed by atoms with van der Waals surface area (Å²) in [6.45, 7) is 4.34. The van der Waals surface area contributed by atoms with Crippen molar-refractivity contribution in [1.29, 1.82) is 0 Å². The van der Waals surface area contributed by atoms with Crippen LogP contribution in [0.25, 0.3) is 0 Å². The first-order valence-electron chi connectivity index (χ1n) is 9.47. The highest BCUT2D eigenvalue weighted by atomic mass is 16.5. The molecule has 1 amide bonds. The van der Waals surface area contributed by atoms with Gasteiger partial charge in [0, 0.05) is 19.6 Å². The van der Waals surface area contributed by atoms with Crippen molar-refractivity contribution in [2.75, 3.05) is 32.8 Å². The van der Waals surface area contributed by atoms with Crippen LogP contribution in [0.3, 0.4) is 0 Å². The number of ketones is 1. The van der Waals surface area contributed by atoms with Crippen molar-refractivity contribution in [2.24, 2.45) is 0 Å². The topological polar surface area (TPSA) is 67.9 Å². The zero-order valence-corrected chi connectivity index (χ0v) is 16.1. The van der Waals surface area contributed by atoms with Gasteiger partial charge in [0.1, 0.15) is 18.5 Å². The van der Waals surface area contributed by atoms with Gasteiger partial charge in [0.15, 0.2) is 5.78 Å². The number of para-hydroxylation sites is 1. The number of carbonyl (C=O) groups is 2. The minimum atomic E-state index is -0.567. The summed E-state index contributed by atoms with van der Waals surface area (Å²) in [5.41, 5.74) is 2.17. The zero-order chi connectivity index (χ0) is 19.8. The second-order valence-corrected chi connectivity index (χ2v) is 6.89. The van der Waals surface area contributed by atoms with Crippen molar-refractivity contribution >= 4 is 11.7 Å². The molecule has 1 N–H and O–H groups in total. The van der Waals surface area contributed by atoms with Gasteiger partial charge < -0.3 is 14.8 Å². The average Bonchev–Trinajstić information content (AvgIpc) is 2.72. The maximum Gasteiger partial charge on any atom is 0.250 e. The van der Waals surface area contributed by atoms with Crippen LogP contribution in [0.4, 0.5) is 0 Å². The smallest absolute Gasteiger partial charge is 0.250 e. The van der Waals surface area contributed by atoms with E-state index >= 15 is 0 Å². The van der Waals surface area contributed by atoms with E-state index in [1.807, 2.05) is 49.4 Å². The van der Waals surface area contributed by atoms with Gasteiger partial charge in [-0.05, 0) is 24.1 Å². The molecule has 1 saturated heterocycles. The molecule has 1 fully saturated rings. The van der Waals surface area contributed by atoms with E-state index in [0.717, 1.165) is 18.7 Å². The lowest BCUT2D eigenvalue weighted by molar-refractivity contribution is -0.140. The van der Waals surface area contributed by atoms with Crippen molar-refractivity contribution in [1.82, 2.24) is 10.2 Å². The summed E-state index contributed by atoms with van der Waals surface area (Å²) in [6, 6.07) is 17.6. The number of rotatable bonds is 8. The molecule has 1 atom stereocenters. The monoisotopic (exact) mass is 382 g/mol. The molecule has 148 valence electrons. The van der Waals surface area contributed by atoms with E-state index in [2.05, 4.69) is 22.3 Å². The van der Waals surface area contributed by atoms with E-state index in [1.54, 1.807) is 0 Å². The van der Waals surface area contributed by atoms with E-state index in [-0.39, 0.29) is 24.8 Å². The quantitative estimate of drug-likeness (QED) is 0.756. The molecule has 2 aromatic rings. The Morgan fingerprint density at radius 1 is 1.14 bits per heavy atom. The van der Waals surface area contributed by atoms with Crippen LogP contribution in [0, 0.1) is 6.92 Å². The third kappa shape index (κ3) is 5.90. The molecule has 0 radical (unpaired) electrons. The van der Waals surface area contributed by atoms with Crippen LogP contribution in [0.2, 0.25) is 0 Å². The molecule has 0 aliphatic carbocycles. The van der Waals surface area contributed by atoms with Crippen molar-refractivity contribution in [3.05, 3.63) is 65.7 Å². The predicted molar refractivity (Wildman–Crippen MR) is 106 cm³/mol. The summed E-state index contributed by atoms with van der Waals surface area (Å²) < 4.78 is 11.1. The number of morpholine rings is 1. The van der Waals surface area contributed by atoms with Gasteiger partial charge in [-0.3, -0.25) is 14.5 Å². The molecule has 3 rings (SSSR count). The molecule has 0 bridgehead atoms. The Kier molecular flexibility index (Phi) is 7.17. The van der Waals surface area contributed by atoms with Gasteiger partial charge in [-0.1, -0.05) is 48.5 Å². The Hall–Kier alpha value is -2.70. The summed E-state index contributed by atoms with van der Waals surface area (Å²) in [4.78, 5) is 26.6. The average molecular weight is 382 g/mol. The number of nitrogens with one attached hydrogen (secondary N) is 1. The fourth-order valence-electron chi connectivity index (χ4n) is 3.07. The molecule has 28 heavy (non-hydrogen) atoms. The number of aryl methyl sites for hydroxylation is 1. The Balaban J connectivity index is 1.41. The largest absolute Gasteiger partial charge is 0.485 e. The highest BCUT2D eigenvalue weighted by molar-refractivity contribution is 5.88. The SMILES string of the molecule is Cc1ccccc1OCC(=O)CNC(=O)C1CN(Cc2ccccc2)CCO1. The van der Waals surface area contributed by atoms with Gasteiger partial charge in [-0.2, -0.15) is 0 Å². The van der Waals surface area contributed by atoms with Gasteiger partial charge in [0.05, 0.1) is 13.2 Å². The minimum absolute atomic E-state index is 0.0662. The number of amides is 1. The molecular weight excluding hydrogens is 356 g/mol. The summed E-state index contributed by atoms with van der Waals surface area (Å²) in [7, 11) is 0. The van der Waals surface area contributed by atoms with Gasteiger partial charge in [-0.25, -0.2) is 0 Å². The molecule has 0 saturated carbocycles.